The summed E-state index contributed by atoms with van der Waals surface area (Å²) in [6, 6.07) is 5.80. The summed E-state index contributed by atoms with van der Waals surface area (Å²) >= 11 is 0. The number of nitrogen functional groups attached to an aromatic ring is 1. The van der Waals surface area contributed by atoms with E-state index in [1.165, 1.54) is 13.2 Å². The zero-order valence-corrected chi connectivity index (χ0v) is 14.4. The topological polar surface area (TPSA) is 133 Å². The number of hydrogen-bond acceptors (Lipinski definition) is 6. The highest BCUT2D eigenvalue weighted by molar-refractivity contribution is 6.23. The molecule has 4 rings (SSSR count). The Morgan fingerprint density at radius 2 is 1.96 bits per heavy atom. The summed E-state index contributed by atoms with van der Waals surface area (Å²) in [6.45, 7) is 0. The SMILES string of the molecule is COc1ccc(C(=O)NC2CC2)cc1-n1c(N)c2c(cc1=O)C(=O)NC2=O. The molecule has 0 spiro atoms. The number of carbonyl (C=O) groups excluding carboxylic acids is 3. The van der Waals surface area contributed by atoms with Gasteiger partial charge in [0.05, 0.1) is 23.9 Å². The lowest BCUT2D eigenvalue weighted by Gasteiger charge is -2.16. The summed E-state index contributed by atoms with van der Waals surface area (Å²) in [5, 5.41) is 4.97. The van der Waals surface area contributed by atoms with Gasteiger partial charge in [-0.3, -0.25) is 29.1 Å². The van der Waals surface area contributed by atoms with Crippen LogP contribution in [0.1, 0.15) is 43.9 Å². The molecule has 2 aliphatic rings. The van der Waals surface area contributed by atoms with E-state index >= 15 is 0 Å². The molecule has 0 saturated heterocycles. The Bertz CT molecular complexity index is 1070. The van der Waals surface area contributed by atoms with E-state index in [0.717, 1.165) is 23.5 Å². The Morgan fingerprint density at radius 3 is 2.63 bits per heavy atom. The van der Waals surface area contributed by atoms with Crippen molar-refractivity contribution < 1.29 is 19.1 Å². The zero-order chi connectivity index (χ0) is 19.3. The van der Waals surface area contributed by atoms with Gasteiger partial charge in [-0.05, 0) is 31.0 Å². The third-order valence-electron chi connectivity index (χ3n) is 4.55. The number of nitrogens with one attached hydrogen (secondary N) is 2. The van der Waals surface area contributed by atoms with Crippen LogP contribution in [0.2, 0.25) is 0 Å². The van der Waals surface area contributed by atoms with Gasteiger partial charge in [0.1, 0.15) is 11.6 Å². The van der Waals surface area contributed by atoms with Gasteiger partial charge < -0.3 is 15.8 Å². The molecule has 1 aliphatic carbocycles. The van der Waals surface area contributed by atoms with Crippen LogP contribution in [-0.4, -0.2) is 35.4 Å². The van der Waals surface area contributed by atoms with Crippen molar-refractivity contribution in [2.75, 3.05) is 12.8 Å². The molecule has 1 saturated carbocycles. The molecule has 1 fully saturated rings. The monoisotopic (exact) mass is 368 g/mol. The lowest BCUT2D eigenvalue weighted by Crippen LogP contribution is -2.27. The smallest absolute Gasteiger partial charge is 0.262 e. The van der Waals surface area contributed by atoms with Gasteiger partial charge in [0.15, 0.2) is 0 Å². The summed E-state index contributed by atoms with van der Waals surface area (Å²) in [7, 11) is 1.41. The van der Waals surface area contributed by atoms with Crippen LogP contribution >= 0.6 is 0 Å². The molecule has 0 bridgehead atoms. The summed E-state index contributed by atoms with van der Waals surface area (Å²) in [5.74, 6) is -1.53. The van der Waals surface area contributed by atoms with Crippen molar-refractivity contribution in [2.24, 2.45) is 0 Å². The van der Waals surface area contributed by atoms with E-state index < -0.39 is 17.4 Å². The number of nitrogens with zero attached hydrogens (tertiary/aromatic N) is 1. The van der Waals surface area contributed by atoms with Gasteiger partial charge in [0, 0.05) is 17.7 Å². The lowest BCUT2D eigenvalue weighted by molar-refractivity contribution is 0.0878. The number of methoxy groups -OCH3 is 1. The number of ether oxygens (including phenoxy) is 1. The Kier molecular flexibility index (Phi) is 3.72. The minimum absolute atomic E-state index is 0.0691. The highest BCUT2D eigenvalue weighted by Crippen LogP contribution is 2.29. The second-order valence-corrected chi connectivity index (χ2v) is 6.41. The number of pyridine rings is 1. The molecule has 1 aromatic heterocycles. The third kappa shape index (κ3) is 2.73. The number of anilines is 1. The summed E-state index contributed by atoms with van der Waals surface area (Å²) in [6.07, 6.45) is 1.88. The van der Waals surface area contributed by atoms with Crippen molar-refractivity contribution in [3.05, 3.63) is 51.3 Å². The van der Waals surface area contributed by atoms with Gasteiger partial charge in [-0.2, -0.15) is 0 Å². The first-order chi connectivity index (χ1) is 12.9. The van der Waals surface area contributed by atoms with Crippen LogP contribution < -0.4 is 26.7 Å². The Morgan fingerprint density at radius 1 is 1.22 bits per heavy atom. The number of benzene rings is 1. The average molecular weight is 368 g/mol. The molecule has 4 N–H and O–H groups in total. The number of amides is 3. The first-order valence-corrected chi connectivity index (χ1v) is 8.31. The van der Waals surface area contributed by atoms with Crippen LogP contribution in [0, 0.1) is 0 Å². The number of imide groups is 1. The van der Waals surface area contributed by atoms with E-state index in [0.29, 0.717) is 5.56 Å². The lowest BCUT2D eigenvalue weighted by atomic mass is 10.1. The Labute approximate surface area is 153 Å². The van der Waals surface area contributed by atoms with Crippen LogP contribution in [0.4, 0.5) is 5.82 Å². The van der Waals surface area contributed by atoms with Gasteiger partial charge in [0.25, 0.3) is 23.3 Å². The minimum Gasteiger partial charge on any atom is -0.495 e. The largest absolute Gasteiger partial charge is 0.495 e. The van der Waals surface area contributed by atoms with E-state index in [2.05, 4.69) is 10.6 Å². The standard InChI is InChI=1S/C18H16N4O5/c1-27-12-5-2-8(16(24)20-9-3-4-9)6-11(12)22-13(23)7-10-14(15(22)19)18(26)21-17(10)25/h2,5-7,9H,3-4,19H2,1H3,(H,20,24)(H,21,25,26). The second-order valence-electron chi connectivity index (χ2n) is 6.41. The fourth-order valence-corrected chi connectivity index (χ4v) is 3.03. The van der Waals surface area contributed by atoms with Crippen molar-refractivity contribution in [3.8, 4) is 11.4 Å². The molecular weight excluding hydrogens is 352 g/mol. The molecule has 2 heterocycles. The normalized spacial score (nSPS) is 15.3. The predicted octanol–water partition coefficient (Wildman–Crippen LogP) is 0.204. The molecule has 138 valence electrons. The highest BCUT2D eigenvalue weighted by atomic mass is 16.5. The summed E-state index contributed by atoms with van der Waals surface area (Å²) in [4.78, 5) is 48.8. The van der Waals surface area contributed by atoms with E-state index in [-0.39, 0.29) is 40.3 Å². The molecule has 1 aliphatic heterocycles. The maximum absolute atomic E-state index is 12.6. The maximum Gasteiger partial charge on any atom is 0.262 e. The molecule has 27 heavy (non-hydrogen) atoms. The molecule has 1 aromatic carbocycles. The minimum atomic E-state index is -0.678. The number of aromatic nitrogens is 1. The van der Waals surface area contributed by atoms with Gasteiger partial charge >= 0.3 is 0 Å². The zero-order valence-electron chi connectivity index (χ0n) is 14.4. The van der Waals surface area contributed by atoms with E-state index in [1.807, 2.05) is 0 Å². The van der Waals surface area contributed by atoms with Crippen LogP contribution in [0.15, 0.2) is 29.1 Å². The summed E-state index contributed by atoms with van der Waals surface area (Å²) < 4.78 is 6.35. The van der Waals surface area contributed by atoms with E-state index in [9.17, 15) is 19.2 Å². The van der Waals surface area contributed by atoms with Crippen molar-refractivity contribution in [3.63, 3.8) is 0 Å². The first kappa shape index (κ1) is 16.8. The first-order valence-electron chi connectivity index (χ1n) is 8.31. The van der Waals surface area contributed by atoms with Gasteiger partial charge in [0.2, 0.25) is 0 Å². The average Bonchev–Trinajstić information content (AvgIpc) is 3.39. The van der Waals surface area contributed by atoms with Crippen molar-refractivity contribution >= 4 is 23.5 Å². The number of rotatable bonds is 4. The third-order valence-corrected chi connectivity index (χ3v) is 4.55. The van der Waals surface area contributed by atoms with E-state index in [1.54, 1.807) is 12.1 Å². The molecule has 0 unspecified atom stereocenters. The number of fused-ring (bicyclic) bond motifs is 1. The number of hydrogen-bond donors (Lipinski definition) is 3. The molecule has 0 atom stereocenters. The van der Waals surface area contributed by atoms with Crippen LogP contribution in [0.3, 0.4) is 0 Å². The fourth-order valence-electron chi connectivity index (χ4n) is 3.03. The van der Waals surface area contributed by atoms with Crippen LogP contribution in [-0.2, 0) is 0 Å². The predicted molar refractivity (Wildman–Crippen MR) is 95.3 cm³/mol. The summed E-state index contributed by atoms with van der Waals surface area (Å²) in [5.41, 5.74) is 5.83. The second kappa shape index (κ2) is 5.97. The fraction of sp³-hybridized carbons (Fsp3) is 0.222. The molecule has 0 radical (unpaired) electrons. The van der Waals surface area contributed by atoms with Crippen molar-refractivity contribution in [1.82, 2.24) is 15.2 Å². The Balaban J connectivity index is 1.89. The van der Waals surface area contributed by atoms with Crippen LogP contribution in [0.25, 0.3) is 5.69 Å². The highest BCUT2D eigenvalue weighted by Gasteiger charge is 2.32. The van der Waals surface area contributed by atoms with Gasteiger partial charge in [-0.1, -0.05) is 0 Å². The Hall–Kier alpha value is -3.62. The molecule has 9 nitrogen and oxygen atoms in total. The van der Waals surface area contributed by atoms with Gasteiger partial charge in [-0.25, -0.2) is 0 Å². The quantitative estimate of drug-likeness (QED) is 0.661. The van der Waals surface area contributed by atoms with Crippen molar-refractivity contribution in [2.45, 2.75) is 18.9 Å². The molecule has 9 heteroatoms. The van der Waals surface area contributed by atoms with Crippen molar-refractivity contribution in [1.29, 1.82) is 0 Å². The number of carbonyl (C=O) groups is 3. The van der Waals surface area contributed by atoms with Crippen LogP contribution in [0.5, 0.6) is 5.75 Å². The molecule has 2 aromatic rings. The maximum atomic E-state index is 12.6. The molecular formula is C18H16N4O5. The van der Waals surface area contributed by atoms with E-state index in [4.69, 9.17) is 10.5 Å². The number of nitrogens with two attached hydrogens (primary N) is 1. The molecule has 3 amide bonds. The van der Waals surface area contributed by atoms with Gasteiger partial charge in [-0.15, -0.1) is 0 Å².